The predicted molar refractivity (Wildman–Crippen MR) is 70.2 cm³/mol. The highest BCUT2D eigenvalue weighted by Crippen LogP contribution is 2.27. The normalized spacial score (nSPS) is 21.4. The molecule has 0 spiro atoms. The molecule has 0 radical (unpaired) electrons. The van der Waals surface area contributed by atoms with Crippen LogP contribution < -0.4 is 5.73 Å². The second-order valence-corrected chi connectivity index (χ2v) is 5.41. The maximum Gasteiger partial charge on any atom is 0.435 e. The number of alkyl halides is 3. The Bertz CT molecular complexity index is 498. The van der Waals surface area contributed by atoms with Crippen LogP contribution in [0.4, 0.5) is 13.2 Å². The average Bonchev–Trinajstić information content (AvgIpc) is 2.87. The molecule has 1 aromatic heterocycles. The third-order valence-corrected chi connectivity index (χ3v) is 3.70. The Kier molecular flexibility index (Phi) is 4.55. The van der Waals surface area contributed by atoms with Crippen LogP contribution in [0.3, 0.4) is 0 Å². The van der Waals surface area contributed by atoms with Crippen LogP contribution in [0.1, 0.15) is 31.9 Å². The summed E-state index contributed by atoms with van der Waals surface area (Å²) in [7, 11) is 0. The number of rotatable bonds is 3. The summed E-state index contributed by atoms with van der Waals surface area (Å²) in [6.07, 6.45) is -0.590. The lowest BCUT2D eigenvalue weighted by Gasteiger charge is -2.38. The maximum atomic E-state index is 12.5. The highest BCUT2D eigenvalue weighted by atomic mass is 19.4. The Balaban J connectivity index is 2.05. The van der Waals surface area contributed by atoms with Gasteiger partial charge in [-0.25, -0.2) is 0 Å². The smallest absolute Gasteiger partial charge is 0.337 e. The number of aromatic nitrogens is 2. The number of likely N-dealkylation sites (tertiary alicyclic amines) is 1. The summed E-state index contributed by atoms with van der Waals surface area (Å²) in [6.45, 7) is 2.24. The van der Waals surface area contributed by atoms with Gasteiger partial charge in [-0.3, -0.25) is 9.48 Å². The quantitative estimate of drug-likeness (QED) is 0.923. The monoisotopic (exact) mass is 304 g/mol. The summed E-state index contributed by atoms with van der Waals surface area (Å²) in [5.41, 5.74) is 4.90. The fourth-order valence-electron chi connectivity index (χ4n) is 2.64. The van der Waals surface area contributed by atoms with Gasteiger partial charge < -0.3 is 10.6 Å². The van der Waals surface area contributed by atoms with E-state index in [1.165, 1.54) is 6.20 Å². The fourth-order valence-corrected chi connectivity index (χ4v) is 2.64. The van der Waals surface area contributed by atoms with E-state index in [-0.39, 0.29) is 24.5 Å². The molecule has 5 nitrogen and oxygen atoms in total. The van der Waals surface area contributed by atoms with Crippen molar-refractivity contribution in [1.29, 1.82) is 0 Å². The number of hydrogen-bond acceptors (Lipinski definition) is 3. The number of nitrogens with two attached hydrogens (primary N) is 1. The van der Waals surface area contributed by atoms with E-state index in [0.29, 0.717) is 6.54 Å². The molecule has 1 aliphatic heterocycles. The first kappa shape index (κ1) is 15.8. The van der Waals surface area contributed by atoms with Crippen LogP contribution in [0.5, 0.6) is 0 Å². The van der Waals surface area contributed by atoms with Crippen LogP contribution in [0.15, 0.2) is 12.3 Å². The summed E-state index contributed by atoms with van der Waals surface area (Å²) in [5, 5.41) is 3.40. The Morgan fingerprint density at radius 2 is 2.24 bits per heavy atom. The van der Waals surface area contributed by atoms with Gasteiger partial charge >= 0.3 is 6.18 Å². The fraction of sp³-hybridized carbons (Fsp3) is 0.692. The topological polar surface area (TPSA) is 64.2 Å². The zero-order valence-electron chi connectivity index (χ0n) is 11.8. The third kappa shape index (κ3) is 3.75. The molecular formula is C13H19F3N4O. The molecule has 2 heterocycles. The van der Waals surface area contributed by atoms with Crippen molar-refractivity contribution in [2.75, 3.05) is 6.54 Å². The van der Waals surface area contributed by atoms with Crippen LogP contribution >= 0.6 is 0 Å². The minimum Gasteiger partial charge on any atom is -0.337 e. The number of hydrogen-bond donors (Lipinski definition) is 1. The molecule has 0 aliphatic carbocycles. The lowest BCUT2D eigenvalue weighted by Crippen LogP contribution is -2.52. The molecule has 8 heteroatoms. The van der Waals surface area contributed by atoms with E-state index in [0.717, 1.165) is 30.0 Å². The van der Waals surface area contributed by atoms with Crippen LogP contribution in [0.25, 0.3) is 0 Å². The van der Waals surface area contributed by atoms with Crippen molar-refractivity contribution in [1.82, 2.24) is 14.7 Å². The van der Waals surface area contributed by atoms with Crippen molar-refractivity contribution in [3.05, 3.63) is 18.0 Å². The van der Waals surface area contributed by atoms with Crippen molar-refractivity contribution in [3.8, 4) is 0 Å². The number of nitrogens with zero attached hydrogens (tertiary/aromatic N) is 3. The summed E-state index contributed by atoms with van der Waals surface area (Å²) in [6, 6.07) is 0.661. The summed E-state index contributed by atoms with van der Waals surface area (Å²) in [5.74, 6) is -0.242. The van der Waals surface area contributed by atoms with Gasteiger partial charge in [0.2, 0.25) is 5.91 Å². The number of carbonyl (C=O) groups excluding carboxylic acids is 1. The maximum absolute atomic E-state index is 12.5. The zero-order chi connectivity index (χ0) is 15.6. The van der Waals surface area contributed by atoms with E-state index in [9.17, 15) is 18.0 Å². The number of piperidine rings is 1. The minimum atomic E-state index is -4.49. The van der Waals surface area contributed by atoms with Crippen molar-refractivity contribution in [2.24, 2.45) is 5.73 Å². The Hall–Kier alpha value is -1.57. The molecule has 1 aromatic rings. The van der Waals surface area contributed by atoms with E-state index in [4.69, 9.17) is 5.73 Å². The molecule has 1 saturated heterocycles. The first-order chi connectivity index (χ1) is 9.79. The Morgan fingerprint density at radius 3 is 2.81 bits per heavy atom. The lowest BCUT2D eigenvalue weighted by atomic mass is 9.97. The molecule has 2 rings (SSSR count). The van der Waals surface area contributed by atoms with Gasteiger partial charge in [0, 0.05) is 24.8 Å². The van der Waals surface area contributed by atoms with Gasteiger partial charge in [-0.15, -0.1) is 0 Å². The van der Waals surface area contributed by atoms with Gasteiger partial charge in [-0.2, -0.15) is 18.3 Å². The molecular weight excluding hydrogens is 285 g/mol. The van der Waals surface area contributed by atoms with Crippen molar-refractivity contribution < 1.29 is 18.0 Å². The highest BCUT2D eigenvalue weighted by Gasteiger charge is 2.34. The van der Waals surface area contributed by atoms with Gasteiger partial charge in [0.15, 0.2) is 5.69 Å². The standard InChI is InChI=1S/C13H19F3N4O/c1-9(17)10-4-2-3-6-20(10)12(21)8-19-7-5-11(18-19)13(14,15)16/h5,7,9-10H,2-4,6,8,17H2,1H3. The van der Waals surface area contributed by atoms with Crippen molar-refractivity contribution in [3.63, 3.8) is 0 Å². The Morgan fingerprint density at radius 1 is 1.52 bits per heavy atom. The van der Waals surface area contributed by atoms with Gasteiger partial charge in [0.05, 0.1) is 0 Å². The Labute approximate surface area is 120 Å². The molecule has 0 bridgehead atoms. The molecule has 118 valence electrons. The molecule has 1 amide bonds. The van der Waals surface area contributed by atoms with Gasteiger partial charge in [0.25, 0.3) is 0 Å². The molecule has 2 unspecified atom stereocenters. The highest BCUT2D eigenvalue weighted by molar-refractivity contribution is 5.76. The molecule has 1 aliphatic rings. The van der Waals surface area contributed by atoms with Crippen LogP contribution in [0, 0.1) is 0 Å². The van der Waals surface area contributed by atoms with Gasteiger partial charge in [-0.1, -0.05) is 0 Å². The third-order valence-electron chi connectivity index (χ3n) is 3.70. The first-order valence-corrected chi connectivity index (χ1v) is 6.94. The summed E-state index contributed by atoms with van der Waals surface area (Å²) >= 11 is 0. The number of halogens is 3. The lowest BCUT2D eigenvalue weighted by molar-refractivity contribution is -0.142. The van der Waals surface area contributed by atoms with E-state index >= 15 is 0 Å². The number of amides is 1. The van der Waals surface area contributed by atoms with E-state index < -0.39 is 11.9 Å². The molecule has 21 heavy (non-hydrogen) atoms. The van der Waals surface area contributed by atoms with E-state index in [1.807, 2.05) is 6.92 Å². The van der Waals surface area contributed by atoms with Crippen molar-refractivity contribution in [2.45, 2.75) is 51.0 Å². The summed E-state index contributed by atoms with van der Waals surface area (Å²) < 4.78 is 38.4. The largest absolute Gasteiger partial charge is 0.435 e. The zero-order valence-corrected chi connectivity index (χ0v) is 11.8. The molecule has 1 fully saturated rings. The summed E-state index contributed by atoms with van der Waals surface area (Å²) in [4.78, 5) is 13.9. The van der Waals surface area contributed by atoms with Crippen LogP contribution in [0.2, 0.25) is 0 Å². The van der Waals surface area contributed by atoms with Crippen molar-refractivity contribution >= 4 is 5.91 Å². The molecule has 0 aromatic carbocycles. The van der Waals surface area contributed by atoms with Crippen LogP contribution in [-0.2, 0) is 17.5 Å². The van der Waals surface area contributed by atoms with Gasteiger partial charge in [-0.05, 0) is 32.3 Å². The minimum absolute atomic E-state index is 0.0519. The molecule has 2 atom stereocenters. The van der Waals surface area contributed by atoms with Crippen LogP contribution in [-0.4, -0.2) is 39.2 Å². The second kappa shape index (κ2) is 6.05. The molecule has 2 N–H and O–H groups in total. The first-order valence-electron chi connectivity index (χ1n) is 6.94. The van der Waals surface area contributed by atoms with E-state index in [1.54, 1.807) is 4.90 Å². The molecule has 0 saturated carbocycles. The average molecular weight is 304 g/mol. The SMILES string of the molecule is CC(N)C1CCCCN1C(=O)Cn1ccc(C(F)(F)F)n1. The second-order valence-electron chi connectivity index (χ2n) is 5.41. The van der Waals surface area contributed by atoms with E-state index in [2.05, 4.69) is 5.10 Å². The van der Waals surface area contributed by atoms with Gasteiger partial charge in [0.1, 0.15) is 6.54 Å². The predicted octanol–water partition coefficient (Wildman–Crippen LogP) is 1.63. The number of carbonyl (C=O) groups is 1.